The number of nitrogens with one attached hydrogen (secondary N) is 1. The Kier molecular flexibility index (Phi) is 4.54. The van der Waals surface area contributed by atoms with Gasteiger partial charge in [-0.2, -0.15) is 0 Å². The molecule has 0 radical (unpaired) electrons. The van der Waals surface area contributed by atoms with E-state index in [-0.39, 0.29) is 5.75 Å². The number of carboxylic acids is 1. The molecule has 1 rings (SSSR count). The van der Waals surface area contributed by atoms with Crippen molar-refractivity contribution in [3.63, 3.8) is 0 Å². The molecule has 0 heterocycles. The molecular formula is C12H15NO3. The van der Waals surface area contributed by atoms with E-state index in [1.54, 1.807) is 19.1 Å². The number of phenolic OH excluding ortho intramolecular Hbond substituents is 1. The van der Waals surface area contributed by atoms with E-state index in [0.29, 0.717) is 13.1 Å². The van der Waals surface area contributed by atoms with Crippen LogP contribution in [0.2, 0.25) is 0 Å². The number of rotatable bonds is 5. The number of hydrogen-bond donors (Lipinski definition) is 3. The number of benzene rings is 1. The maximum absolute atomic E-state index is 10.4. The van der Waals surface area contributed by atoms with Gasteiger partial charge in [-0.3, -0.25) is 0 Å². The van der Waals surface area contributed by atoms with E-state index in [2.05, 4.69) is 5.32 Å². The molecule has 0 amide bonds. The molecule has 0 aromatic heterocycles. The van der Waals surface area contributed by atoms with Crippen LogP contribution in [-0.2, 0) is 11.3 Å². The van der Waals surface area contributed by atoms with Gasteiger partial charge in [0.25, 0.3) is 0 Å². The topological polar surface area (TPSA) is 69.6 Å². The summed E-state index contributed by atoms with van der Waals surface area (Å²) in [6.45, 7) is 2.74. The predicted molar refractivity (Wildman–Crippen MR) is 61.2 cm³/mol. The van der Waals surface area contributed by atoms with Gasteiger partial charge < -0.3 is 15.5 Å². The summed E-state index contributed by atoms with van der Waals surface area (Å²) >= 11 is 0. The van der Waals surface area contributed by atoms with Crippen LogP contribution in [0.15, 0.2) is 35.9 Å². The summed E-state index contributed by atoms with van der Waals surface area (Å²) < 4.78 is 0. The van der Waals surface area contributed by atoms with Crippen molar-refractivity contribution in [2.75, 3.05) is 6.54 Å². The molecule has 1 aromatic rings. The zero-order chi connectivity index (χ0) is 12.0. The van der Waals surface area contributed by atoms with Gasteiger partial charge in [0.1, 0.15) is 5.75 Å². The molecular weight excluding hydrogens is 206 g/mol. The van der Waals surface area contributed by atoms with Crippen molar-refractivity contribution in [1.29, 1.82) is 0 Å². The molecule has 0 bridgehead atoms. The number of carboxylic acid groups (broad SMARTS) is 1. The lowest BCUT2D eigenvalue weighted by Gasteiger charge is -2.06. The summed E-state index contributed by atoms with van der Waals surface area (Å²) in [5, 5.41) is 21.0. The van der Waals surface area contributed by atoms with Crippen LogP contribution >= 0.6 is 0 Å². The lowest BCUT2D eigenvalue weighted by molar-refractivity contribution is -0.131. The average molecular weight is 221 g/mol. The number of phenols is 1. The van der Waals surface area contributed by atoms with Gasteiger partial charge >= 0.3 is 5.97 Å². The SMILES string of the molecule is C/C(=C/C(=O)O)CNCc1ccccc1O. The zero-order valence-corrected chi connectivity index (χ0v) is 9.10. The molecule has 16 heavy (non-hydrogen) atoms. The third kappa shape index (κ3) is 4.14. The molecule has 1 aromatic carbocycles. The Morgan fingerprint density at radius 1 is 1.44 bits per heavy atom. The standard InChI is InChI=1S/C12H15NO3/c1-9(6-12(15)16)7-13-8-10-4-2-3-5-11(10)14/h2-6,13-14H,7-8H2,1H3,(H,15,16)/b9-6-. The lowest BCUT2D eigenvalue weighted by atomic mass is 10.2. The number of hydrogen-bond acceptors (Lipinski definition) is 3. The molecule has 4 heteroatoms. The van der Waals surface area contributed by atoms with Gasteiger partial charge in [-0.05, 0) is 13.0 Å². The second kappa shape index (κ2) is 5.92. The molecule has 86 valence electrons. The first-order chi connectivity index (χ1) is 7.59. The summed E-state index contributed by atoms with van der Waals surface area (Å²) in [6, 6.07) is 7.04. The van der Waals surface area contributed by atoms with E-state index in [4.69, 9.17) is 5.11 Å². The Morgan fingerprint density at radius 3 is 2.75 bits per heavy atom. The monoisotopic (exact) mass is 221 g/mol. The van der Waals surface area contributed by atoms with Gasteiger partial charge in [-0.15, -0.1) is 0 Å². The first kappa shape index (κ1) is 12.3. The fourth-order valence-electron chi connectivity index (χ4n) is 1.32. The van der Waals surface area contributed by atoms with Gasteiger partial charge in [-0.25, -0.2) is 4.79 Å². The normalized spacial score (nSPS) is 11.4. The van der Waals surface area contributed by atoms with Gasteiger partial charge in [0.15, 0.2) is 0 Å². The number of aliphatic carboxylic acids is 1. The highest BCUT2D eigenvalue weighted by Crippen LogP contribution is 2.14. The largest absolute Gasteiger partial charge is 0.508 e. The Balaban J connectivity index is 2.42. The second-order valence-electron chi connectivity index (χ2n) is 3.56. The van der Waals surface area contributed by atoms with Gasteiger partial charge in [0, 0.05) is 24.7 Å². The van der Waals surface area contributed by atoms with Crippen LogP contribution in [0.1, 0.15) is 12.5 Å². The lowest BCUT2D eigenvalue weighted by Crippen LogP contribution is -2.16. The summed E-state index contributed by atoms with van der Waals surface area (Å²) in [5.41, 5.74) is 1.54. The van der Waals surface area contributed by atoms with Crippen molar-refractivity contribution in [3.05, 3.63) is 41.5 Å². The molecule has 0 aliphatic heterocycles. The molecule has 0 atom stereocenters. The molecule has 0 aliphatic rings. The first-order valence-corrected chi connectivity index (χ1v) is 4.97. The van der Waals surface area contributed by atoms with E-state index in [1.807, 2.05) is 12.1 Å². The average Bonchev–Trinajstić information content (AvgIpc) is 2.19. The minimum atomic E-state index is -0.943. The molecule has 0 spiro atoms. The Morgan fingerprint density at radius 2 is 2.12 bits per heavy atom. The Labute approximate surface area is 94.2 Å². The molecule has 0 aliphatic carbocycles. The van der Waals surface area contributed by atoms with E-state index >= 15 is 0 Å². The number of carbonyl (C=O) groups is 1. The molecule has 0 fully saturated rings. The summed E-state index contributed by atoms with van der Waals surface area (Å²) in [5.74, 6) is -0.697. The van der Waals surface area contributed by atoms with E-state index in [9.17, 15) is 9.90 Å². The third-order valence-electron chi connectivity index (χ3n) is 2.08. The molecule has 0 saturated carbocycles. The van der Waals surface area contributed by atoms with Crippen molar-refractivity contribution in [2.45, 2.75) is 13.5 Å². The van der Waals surface area contributed by atoms with Crippen molar-refractivity contribution >= 4 is 5.97 Å². The van der Waals surface area contributed by atoms with Crippen molar-refractivity contribution in [3.8, 4) is 5.75 Å². The Hall–Kier alpha value is -1.81. The highest BCUT2D eigenvalue weighted by Gasteiger charge is 1.99. The van der Waals surface area contributed by atoms with Gasteiger partial charge in [0.2, 0.25) is 0 Å². The quantitative estimate of drug-likeness (QED) is 0.659. The highest BCUT2D eigenvalue weighted by molar-refractivity contribution is 5.80. The molecule has 0 unspecified atom stereocenters. The van der Waals surface area contributed by atoms with Crippen LogP contribution in [0.25, 0.3) is 0 Å². The molecule has 3 N–H and O–H groups in total. The van der Waals surface area contributed by atoms with Crippen LogP contribution in [0.3, 0.4) is 0 Å². The van der Waals surface area contributed by atoms with Crippen LogP contribution in [0, 0.1) is 0 Å². The second-order valence-corrected chi connectivity index (χ2v) is 3.56. The molecule has 4 nitrogen and oxygen atoms in total. The number of aromatic hydroxyl groups is 1. The highest BCUT2D eigenvalue weighted by atomic mass is 16.4. The van der Waals surface area contributed by atoms with Gasteiger partial charge in [0.05, 0.1) is 0 Å². The van der Waals surface area contributed by atoms with Gasteiger partial charge in [-0.1, -0.05) is 23.8 Å². The van der Waals surface area contributed by atoms with Crippen LogP contribution in [0.4, 0.5) is 0 Å². The smallest absolute Gasteiger partial charge is 0.328 e. The van der Waals surface area contributed by atoms with Crippen molar-refractivity contribution < 1.29 is 15.0 Å². The maximum atomic E-state index is 10.4. The summed E-state index contributed by atoms with van der Waals surface area (Å²) in [6.07, 6.45) is 1.16. The van der Waals surface area contributed by atoms with Crippen molar-refractivity contribution in [2.24, 2.45) is 0 Å². The maximum Gasteiger partial charge on any atom is 0.328 e. The minimum absolute atomic E-state index is 0.245. The first-order valence-electron chi connectivity index (χ1n) is 4.97. The van der Waals surface area contributed by atoms with E-state index in [0.717, 1.165) is 17.2 Å². The Bertz CT molecular complexity index is 399. The third-order valence-corrected chi connectivity index (χ3v) is 2.08. The fourth-order valence-corrected chi connectivity index (χ4v) is 1.32. The predicted octanol–water partition coefficient (Wildman–Crippen LogP) is 1.51. The van der Waals surface area contributed by atoms with E-state index in [1.165, 1.54) is 0 Å². The summed E-state index contributed by atoms with van der Waals surface area (Å²) in [4.78, 5) is 10.4. The van der Waals surface area contributed by atoms with Crippen LogP contribution in [0.5, 0.6) is 5.75 Å². The van der Waals surface area contributed by atoms with E-state index < -0.39 is 5.97 Å². The zero-order valence-electron chi connectivity index (χ0n) is 9.10. The van der Waals surface area contributed by atoms with Crippen LogP contribution < -0.4 is 5.32 Å². The molecule has 0 saturated heterocycles. The minimum Gasteiger partial charge on any atom is -0.508 e. The fraction of sp³-hybridized carbons (Fsp3) is 0.250. The van der Waals surface area contributed by atoms with Crippen LogP contribution in [-0.4, -0.2) is 22.7 Å². The summed E-state index contributed by atoms with van der Waals surface area (Å²) in [7, 11) is 0. The number of para-hydroxylation sites is 1. The van der Waals surface area contributed by atoms with Crippen molar-refractivity contribution in [1.82, 2.24) is 5.32 Å².